The monoisotopic (exact) mass is 500 g/mol. The zero-order valence-corrected chi connectivity index (χ0v) is 20.0. The maximum absolute atomic E-state index is 14.8. The van der Waals surface area contributed by atoms with Gasteiger partial charge in [0.25, 0.3) is 5.91 Å². The highest BCUT2D eigenvalue weighted by molar-refractivity contribution is 6.30. The lowest BCUT2D eigenvalue weighted by molar-refractivity contribution is -0.0369. The average molecular weight is 501 g/mol. The zero-order valence-electron chi connectivity index (χ0n) is 19.2. The van der Waals surface area contributed by atoms with Crippen molar-refractivity contribution in [2.75, 3.05) is 11.9 Å². The molecule has 0 spiro atoms. The number of halogens is 3. The van der Waals surface area contributed by atoms with Crippen LogP contribution in [0.3, 0.4) is 0 Å². The summed E-state index contributed by atoms with van der Waals surface area (Å²) in [5.41, 5.74) is -0.689. The molecule has 35 heavy (non-hydrogen) atoms. The highest BCUT2D eigenvalue weighted by atomic mass is 35.5. The Kier molecular flexibility index (Phi) is 6.68. The van der Waals surface area contributed by atoms with Gasteiger partial charge in [-0.1, -0.05) is 17.7 Å². The van der Waals surface area contributed by atoms with Gasteiger partial charge in [0.15, 0.2) is 0 Å². The SMILES string of the molecule is Cc1nn([C@H](C)[C@](O)(Cn2cncn2)c2ccc(F)cc2F)cc1C(=O)N(C)c1ccc(Cl)cc1. The Morgan fingerprint density at radius 3 is 2.57 bits per heavy atom. The summed E-state index contributed by atoms with van der Waals surface area (Å²) in [6.07, 6.45) is 4.17. The Morgan fingerprint density at radius 2 is 1.94 bits per heavy atom. The van der Waals surface area contributed by atoms with Crippen molar-refractivity contribution in [2.45, 2.75) is 32.0 Å². The number of rotatable bonds is 7. The van der Waals surface area contributed by atoms with Gasteiger partial charge in [-0.3, -0.25) is 9.48 Å². The number of carbonyl (C=O) groups excluding carboxylic acids is 1. The third-order valence-electron chi connectivity index (χ3n) is 6.02. The van der Waals surface area contributed by atoms with Gasteiger partial charge in [0.1, 0.15) is 29.9 Å². The van der Waals surface area contributed by atoms with Crippen LogP contribution in [-0.4, -0.2) is 42.6 Å². The number of carbonyl (C=O) groups is 1. The van der Waals surface area contributed by atoms with Crippen molar-refractivity contribution in [1.29, 1.82) is 0 Å². The number of nitrogens with zero attached hydrogens (tertiary/aromatic N) is 6. The molecule has 182 valence electrons. The van der Waals surface area contributed by atoms with Gasteiger partial charge < -0.3 is 10.0 Å². The summed E-state index contributed by atoms with van der Waals surface area (Å²) in [5, 5.41) is 20.8. The number of anilines is 1. The van der Waals surface area contributed by atoms with Gasteiger partial charge in [0.2, 0.25) is 0 Å². The van der Waals surface area contributed by atoms with Crippen LogP contribution < -0.4 is 4.90 Å². The number of amides is 1. The Labute approximate surface area is 205 Å². The first-order valence-electron chi connectivity index (χ1n) is 10.7. The molecule has 0 saturated carbocycles. The molecular weight excluding hydrogens is 478 g/mol. The Balaban J connectivity index is 1.71. The fourth-order valence-electron chi connectivity index (χ4n) is 3.92. The molecule has 4 rings (SSSR count). The van der Waals surface area contributed by atoms with Gasteiger partial charge in [-0.2, -0.15) is 10.2 Å². The summed E-state index contributed by atoms with van der Waals surface area (Å²) in [6, 6.07) is 8.89. The van der Waals surface area contributed by atoms with Crippen molar-refractivity contribution in [3.05, 3.63) is 94.8 Å². The third kappa shape index (κ3) is 4.80. The largest absolute Gasteiger partial charge is 0.381 e. The maximum atomic E-state index is 14.8. The van der Waals surface area contributed by atoms with E-state index in [0.29, 0.717) is 28.0 Å². The molecule has 0 aliphatic rings. The minimum Gasteiger partial charge on any atom is -0.381 e. The fraction of sp³-hybridized carbons (Fsp3) is 0.250. The molecule has 1 N–H and O–H groups in total. The van der Waals surface area contributed by atoms with Crippen LogP contribution in [0.1, 0.15) is 34.6 Å². The quantitative estimate of drug-likeness (QED) is 0.412. The molecule has 0 saturated heterocycles. The molecular formula is C24H23ClF2N6O2. The van der Waals surface area contributed by atoms with E-state index in [4.69, 9.17) is 11.6 Å². The lowest BCUT2D eigenvalue weighted by Gasteiger charge is -2.34. The van der Waals surface area contributed by atoms with E-state index in [-0.39, 0.29) is 18.0 Å². The van der Waals surface area contributed by atoms with Crippen LogP contribution in [-0.2, 0) is 12.1 Å². The molecule has 2 atom stereocenters. The van der Waals surface area contributed by atoms with Crippen molar-refractivity contribution in [2.24, 2.45) is 0 Å². The molecule has 2 heterocycles. The molecule has 1 amide bonds. The smallest absolute Gasteiger partial charge is 0.261 e. The van der Waals surface area contributed by atoms with E-state index in [1.54, 1.807) is 45.2 Å². The normalized spacial score (nSPS) is 13.9. The summed E-state index contributed by atoms with van der Waals surface area (Å²) >= 11 is 5.94. The number of aromatic nitrogens is 5. The Bertz CT molecular complexity index is 1340. The fourth-order valence-corrected chi connectivity index (χ4v) is 4.04. The van der Waals surface area contributed by atoms with E-state index in [9.17, 15) is 18.7 Å². The summed E-state index contributed by atoms with van der Waals surface area (Å²) in [4.78, 5) is 18.5. The molecule has 8 nitrogen and oxygen atoms in total. The predicted octanol–water partition coefficient (Wildman–Crippen LogP) is 4.14. The summed E-state index contributed by atoms with van der Waals surface area (Å²) in [5.74, 6) is -2.01. The minimum absolute atomic E-state index is 0.138. The number of hydrogen-bond donors (Lipinski definition) is 1. The van der Waals surface area contributed by atoms with Crippen LogP contribution in [0.15, 0.2) is 61.3 Å². The lowest BCUT2D eigenvalue weighted by Crippen LogP contribution is -2.41. The van der Waals surface area contributed by atoms with Gasteiger partial charge in [0, 0.05) is 35.6 Å². The summed E-state index contributed by atoms with van der Waals surface area (Å²) in [7, 11) is 1.63. The molecule has 0 radical (unpaired) electrons. The molecule has 0 fully saturated rings. The molecule has 0 bridgehead atoms. The maximum Gasteiger partial charge on any atom is 0.261 e. The second-order valence-electron chi connectivity index (χ2n) is 8.27. The molecule has 4 aromatic rings. The standard InChI is InChI=1S/C24H23ClF2N6O2/c1-15-20(23(34)31(3)19-7-4-17(25)5-8-19)11-33(30-15)16(2)24(35,12-32-14-28-13-29-32)21-9-6-18(26)10-22(21)27/h4-11,13-14,16,35H,12H2,1-3H3/t16-,24-/m1/s1. The van der Waals surface area contributed by atoms with Crippen molar-refractivity contribution in [3.63, 3.8) is 0 Å². The topological polar surface area (TPSA) is 89.1 Å². The van der Waals surface area contributed by atoms with E-state index in [1.165, 1.54) is 39.2 Å². The molecule has 0 unspecified atom stereocenters. The predicted molar refractivity (Wildman–Crippen MR) is 126 cm³/mol. The van der Waals surface area contributed by atoms with Crippen LogP contribution in [0.4, 0.5) is 14.5 Å². The number of benzene rings is 2. The van der Waals surface area contributed by atoms with E-state index < -0.39 is 23.3 Å². The van der Waals surface area contributed by atoms with Gasteiger partial charge >= 0.3 is 0 Å². The van der Waals surface area contributed by atoms with E-state index in [0.717, 1.165) is 6.07 Å². The third-order valence-corrected chi connectivity index (χ3v) is 6.27. The lowest BCUT2D eigenvalue weighted by atomic mass is 9.86. The number of hydrogen-bond acceptors (Lipinski definition) is 5. The molecule has 2 aromatic heterocycles. The van der Waals surface area contributed by atoms with Crippen LogP contribution in [0, 0.1) is 18.6 Å². The van der Waals surface area contributed by atoms with Crippen LogP contribution in [0.5, 0.6) is 0 Å². The van der Waals surface area contributed by atoms with E-state index in [2.05, 4.69) is 15.2 Å². The molecule has 2 aromatic carbocycles. The first-order valence-corrected chi connectivity index (χ1v) is 11.1. The van der Waals surface area contributed by atoms with Gasteiger partial charge in [-0.15, -0.1) is 0 Å². The Hall–Kier alpha value is -3.63. The van der Waals surface area contributed by atoms with Gasteiger partial charge in [-0.05, 0) is 44.2 Å². The first-order chi connectivity index (χ1) is 16.6. The zero-order chi connectivity index (χ0) is 25.3. The second-order valence-corrected chi connectivity index (χ2v) is 8.70. The molecule has 0 aliphatic heterocycles. The van der Waals surface area contributed by atoms with Gasteiger partial charge in [-0.25, -0.2) is 18.4 Å². The number of aryl methyl sites for hydroxylation is 1. The number of aliphatic hydroxyl groups is 1. The van der Waals surface area contributed by atoms with Gasteiger partial charge in [0.05, 0.1) is 23.8 Å². The summed E-state index contributed by atoms with van der Waals surface area (Å²) in [6.45, 7) is 3.11. The van der Waals surface area contributed by atoms with Crippen LogP contribution in [0.25, 0.3) is 0 Å². The van der Waals surface area contributed by atoms with Crippen LogP contribution in [0.2, 0.25) is 5.02 Å². The van der Waals surface area contributed by atoms with E-state index in [1.807, 2.05) is 0 Å². The molecule has 11 heteroatoms. The highest BCUT2D eigenvalue weighted by Crippen LogP contribution is 2.37. The molecule has 0 aliphatic carbocycles. The first kappa shape index (κ1) is 24.5. The van der Waals surface area contributed by atoms with Crippen molar-refractivity contribution in [1.82, 2.24) is 24.5 Å². The summed E-state index contributed by atoms with van der Waals surface area (Å²) < 4.78 is 31.2. The van der Waals surface area contributed by atoms with Crippen molar-refractivity contribution < 1.29 is 18.7 Å². The van der Waals surface area contributed by atoms with E-state index >= 15 is 0 Å². The second kappa shape index (κ2) is 9.55. The van der Waals surface area contributed by atoms with Crippen molar-refractivity contribution in [3.8, 4) is 0 Å². The average Bonchev–Trinajstić information content (AvgIpc) is 3.47. The minimum atomic E-state index is -1.91. The highest BCUT2D eigenvalue weighted by Gasteiger charge is 2.41. The van der Waals surface area contributed by atoms with Crippen molar-refractivity contribution >= 4 is 23.2 Å². The van der Waals surface area contributed by atoms with Crippen LogP contribution >= 0.6 is 11.6 Å². The Morgan fingerprint density at radius 1 is 1.23 bits per heavy atom.